The van der Waals surface area contributed by atoms with E-state index in [1.807, 2.05) is 35.2 Å². The fourth-order valence-corrected chi connectivity index (χ4v) is 4.53. The van der Waals surface area contributed by atoms with Crippen LogP contribution in [0.5, 0.6) is 0 Å². The maximum Gasteiger partial charge on any atom is 0.226 e. The standard InChI is InChI=1S/C24H32N4O3/c29-22(12-8-11-21-25-23(26-31-21)19-9-4-3-5-10-19)27-17-13-20(14-18-27)24(30)28-15-6-1-2-7-16-28/h3-5,9-10,20H,1-2,6-8,11-18H2. The Morgan fingerprint density at radius 3 is 2.35 bits per heavy atom. The Labute approximate surface area is 183 Å². The molecule has 1 aromatic carbocycles. The van der Waals surface area contributed by atoms with E-state index < -0.39 is 0 Å². The van der Waals surface area contributed by atoms with Gasteiger partial charge in [0.2, 0.25) is 23.5 Å². The lowest BCUT2D eigenvalue weighted by molar-refractivity contribution is -0.140. The molecule has 2 aliphatic rings. The molecule has 0 aliphatic carbocycles. The molecule has 0 spiro atoms. The van der Waals surface area contributed by atoms with E-state index in [2.05, 4.69) is 15.0 Å². The number of rotatable bonds is 6. The first-order valence-electron chi connectivity index (χ1n) is 11.7. The van der Waals surface area contributed by atoms with E-state index in [0.717, 1.165) is 44.3 Å². The van der Waals surface area contributed by atoms with Crippen molar-refractivity contribution < 1.29 is 14.1 Å². The lowest BCUT2D eigenvalue weighted by Gasteiger charge is -2.34. The van der Waals surface area contributed by atoms with Gasteiger partial charge in [-0.1, -0.05) is 48.3 Å². The topological polar surface area (TPSA) is 79.5 Å². The summed E-state index contributed by atoms with van der Waals surface area (Å²) < 4.78 is 5.33. The highest BCUT2D eigenvalue weighted by molar-refractivity contribution is 5.80. The average Bonchev–Trinajstić information content (AvgIpc) is 3.12. The zero-order chi connectivity index (χ0) is 21.5. The van der Waals surface area contributed by atoms with Gasteiger partial charge in [-0.25, -0.2) is 0 Å². The predicted molar refractivity (Wildman–Crippen MR) is 117 cm³/mol. The normalized spacial score (nSPS) is 18.1. The Balaban J connectivity index is 1.18. The number of carbonyl (C=O) groups is 2. The van der Waals surface area contributed by atoms with Crippen LogP contribution in [0.15, 0.2) is 34.9 Å². The van der Waals surface area contributed by atoms with Gasteiger partial charge in [-0.15, -0.1) is 0 Å². The molecule has 7 heteroatoms. The summed E-state index contributed by atoms with van der Waals surface area (Å²) in [4.78, 5) is 33.8. The number of aryl methyl sites for hydroxylation is 1. The maximum atomic E-state index is 12.8. The van der Waals surface area contributed by atoms with Gasteiger partial charge in [-0.3, -0.25) is 9.59 Å². The van der Waals surface area contributed by atoms with E-state index in [0.29, 0.717) is 50.0 Å². The van der Waals surface area contributed by atoms with Crippen molar-refractivity contribution in [3.05, 3.63) is 36.2 Å². The molecule has 4 rings (SSSR count). The van der Waals surface area contributed by atoms with E-state index in [1.54, 1.807) is 0 Å². The lowest BCUT2D eigenvalue weighted by atomic mass is 9.94. The van der Waals surface area contributed by atoms with E-state index in [-0.39, 0.29) is 11.8 Å². The fourth-order valence-electron chi connectivity index (χ4n) is 4.53. The van der Waals surface area contributed by atoms with Gasteiger partial charge < -0.3 is 14.3 Å². The Hall–Kier alpha value is -2.70. The van der Waals surface area contributed by atoms with Crippen LogP contribution >= 0.6 is 0 Å². The van der Waals surface area contributed by atoms with Crippen molar-refractivity contribution in [3.63, 3.8) is 0 Å². The van der Waals surface area contributed by atoms with E-state index >= 15 is 0 Å². The molecule has 0 N–H and O–H groups in total. The zero-order valence-electron chi connectivity index (χ0n) is 18.2. The monoisotopic (exact) mass is 424 g/mol. The molecule has 3 heterocycles. The molecular formula is C24H32N4O3. The van der Waals surface area contributed by atoms with Gasteiger partial charge in [-0.05, 0) is 32.1 Å². The number of carbonyl (C=O) groups excluding carboxylic acids is 2. The fraction of sp³-hybridized carbons (Fsp3) is 0.583. The molecule has 166 valence electrons. The quantitative estimate of drug-likeness (QED) is 0.706. The van der Waals surface area contributed by atoms with Gasteiger partial charge in [0.15, 0.2) is 0 Å². The number of piperidine rings is 1. The Morgan fingerprint density at radius 2 is 1.65 bits per heavy atom. The predicted octanol–water partition coefficient (Wildman–Crippen LogP) is 3.70. The Morgan fingerprint density at radius 1 is 0.935 bits per heavy atom. The SMILES string of the molecule is O=C(CCCc1nc(-c2ccccc2)no1)N1CCC(C(=O)N2CCCCCC2)CC1. The molecule has 2 aromatic rings. The minimum Gasteiger partial charge on any atom is -0.343 e. The first-order chi connectivity index (χ1) is 15.2. The van der Waals surface area contributed by atoms with Crippen molar-refractivity contribution in [2.75, 3.05) is 26.2 Å². The molecular weight excluding hydrogens is 392 g/mol. The van der Waals surface area contributed by atoms with Gasteiger partial charge in [0.1, 0.15) is 0 Å². The molecule has 1 aromatic heterocycles. The second kappa shape index (κ2) is 10.6. The van der Waals surface area contributed by atoms with Crippen LogP contribution in [0, 0.1) is 5.92 Å². The van der Waals surface area contributed by atoms with Gasteiger partial charge >= 0.3 is 0 Å². The molecule has 2 amide bonds. The minimum atomic E-state index is 0.0805. The maximum absolute atomic E-state index is 12.8. The van der Waals surface area contributed by atoms with E-state index in [4.69, 9.17) is 4.52 Å². The minimum absolute atomic E-state index is 0.0805. The third kappa shape index (κ3) is 5.71. The summed E-state index contributed by atoms with van der Waals surface area (Å²) >= 11 is 0. The van der Waals surface area contributed by atoms with Crippen molar-refractivity contribution in [2.45, 2.75) is 57.8 Å². The number of benzene rings is 1. The smallest absolute Gasteiger partial charge is 0.226 e. The van der Waals surface area contributed by atoms with Crippen molar-refractivity contribution in [3.8, 4) is 11.4 Å². The van der Waals surface area contributed by atoms with Crippen LogP contribution in [0.2, 0.25) is 0 Å². The molecule has 2 fully saturated rings. The van der Waals surface area contributed by atoms with Crippen LogP contribution in [0.3, 0.4) is 0 Å². The van der Waals surface area contributed by atoms with Gasteiger partial charge in [0.25, 0.3) is 0 Å². The molecule has 31 heavy (non-hydrogen) atoms. The summed E-state index contributed by atoms with van der Waals surface area (Å²) in [5.74, 6) is 1.69. The summed E-state index contributed by atoms with van der Waals surface area (Å²) in [7, 11) is 0. The number of nitrogens with zero attached hydrogens (tertiary/aromatic N) is 4. The molecule has 0 radical (unpaired) electrons. The molecule has 0 unspecified atom stereocenters. The number of hydrogen-bond acceptors (Lipinski definition) is 5. The molecule has 2 saturated heterocycles. The first kappa shape index (κ1) is 21.5. The second-order valence-electron chi connectivity index (χ2n) is 8.63. The van der Waals surface area contributed by atoms with Crippen molar-refractivity contribution in [1.29, 1.82) is 0 Å². The number of likely N-dealkylation sites (tertiary alicyclic amines) is 2. The summed E-state index contributed by atoms with van der Waals surface area (Å²) in [5.41, 5.74) is 0.922. The van der Waals surface area contributed by atoms with Gasteiger partial charge in [0, 0.05) is 50.5 Å². The number of hydrogen-bond donors (Lipinski definition) is 0. The largest absolute Gasteiger partial charge is 0.343 e. The van der Waals surface area contributed by atoms with Crippen LogP contribution in [-0.4, -0.2) is 57.9 Å². The molecule has 0 saturated carbocycles. The molecule has 0 bridgehead atoms. The summed E-state index contributed by atoms with van der Waals surface area (Å²) in [6.45, 7) is 3.17. The highest BCUT2D eigenvalue weighted by atomic mass is 16.5. The van der Waals surface area contributed by atoms with Crippen LogP contribution in [0.1, 0.15) is 57.3 Å². The van der Waals surface area contributed by atoms with Crippen molar-refractivity contribution >= 4 is 11.8 Å². The van der Waals surface area contributed by atoms with Crippen LogP contribution in [-0.2, 0) is 16.0 Å². The summed E-state index contributed by atoms with van der Waals surface area (Å²) in [6, 6.07) is 9.71. The van der Waals surface area contributed by atoms with Crippen LogP contribution < -0.4 is 0 Å². The Bertz CT molecular complexity index is 851. The first-order valence-corrected chi connectivity index (χ1v) is 11.7. The highest BCUT2D eigenvalue weighted by Crippen LogP contribution is 2.23. The Kier molecular flexibility index (Phi) is 7.33. The van der Waals surface area contributed by atoms with E-state index in [1.165, 1.54) is 12.8 Å². The third-order valence-electron chi connectivity index (χ3n) is 6.40. The zero-order valence-corrected chi connectivity index (χ0v) is 18.2. The highest BCUT2D eigenvalue weighted by Gasteiger charge is 2.30. The van der Waals surface area contributed by atoms with Crippen LogP contribution in [0.4, 0.5) is 0 Å². The van der Waals surface area contributed by atoms with Crippen LogP contribution in [0.25, 0.3) is 11.4 Å². The molecule has 2 aliphatic heterocycles. The lowest BCUT2D eigenvalue weighted by Crippen LogP contribution is -2.44. The molecule has 7 nitrogen and oxygen atoms in total. The van der Waals surface area contributed by atoms with Crippen molar-refractivity contribution in [1.82, 2.24) is 19.9 Å². The van der Waals surface area contributed by atoms with E-state index in [9.17, 15) is 9.59 Å². The van der Waals surface area contributed by atoms with Gasteiger partial charge in [-0.2, -0.15) is 4.98 Å². The summed E-state index contributed by atoms with van der Waals surface area (Å²) in [5, 5.41) is 4.03. The number of amides is 2. The number of aromatic nitrogens is 2. The average molecular weight is 425 g/mol. The second-order valence-corrected chi connectivity index (χ2v) is 8.63. The van der Waals surface area contributed by atoms with Crippen molar-refractivity contribution in [2.24, 2.45) is 5.92 Å². The van der Waals surface area contributed by atoms with Gasteiger partial charge in [0.05, 0.1) is 0 Å². The summed E-state index contributed by atoms with van der Waals surface area (Å²) in [6.07, 6.45) is 8.01. The molecule has 0 atom stereocenters. The third-order valence-corrected chi connectivity index (χ3v) is 6.40.